The molecule has 1 heterocycles. The van der Waals surface area contributed by atoms with E-state index in [0.717, 1.165) is 24.4 Å². The molecule has 15 heavy (non-hydrogen) atoms. The molecule has 84 valence electrons. The highest BCUT2D eigenvalue weighted by Crippen LogP contribution is 2.34. The predicted octanol–water partition coefficient (Wildman–Crippen LogP) is 2.01. The minimum atomic E-state index is 0.0815. The number of aliphatic hydroxyl groups is 1. The average molecular weight is 226 g/mol. The zero-order valence-electron chi connectivity index (χ0n) is 9.12. The van der Waals surface area contributed by atoms with Crippen LogP contribution in [0.2, 0.25) is 0 Å². The topological polar surface area (TPSA) is 45.2 Å². The van der Waals surface area contributed by atoms with Gasteiger partial charge in [0, 0.05) is 10.9 Å². The Hall–Kier alpha value is -0.450. The number of aliphatic hydroxyl groups excluding tert-OH is 1. The van der Waals surface area contributed by atoms with E-state index in [1.165, 1.54) is 23.4 Å². The van der Waals surface area contributed by atoms with Crippen LogP contribution in [0.4, 0.5) is 0 Å². The lowest BCUT2D eigenvalue weighted by Crippen LogP contribution is -2.24. The van der Waals surface area contributed by atoms with Crippen molar-refractivity contribution in [2.75, 3.05) is 6.54 Å². The summed E-state index contributed by atoms with van der Waals surface area (Å²) in [4.78, 5) is 5.82. The Morgan fingerprint density at radius 2 is 2.47 bits per heavy atom. The van der Waals surface area contributed by atoms with Crippen LogP contribution in [0.25, 0.3) is 0 Å². The van der Waals surface area contributed by atoms with E-state index in [2.05, 4.69) is 17.2 Å². The predicted molar refractivity (Wildman–Crippen MR) is 62.0 cm³/mol. The molecule has 0 aliphatic heterocycles. The monoisotopic (exact) mass is 226 g/mol. The summed E-state index contributed by atoms with van der Waals surface area (Å²) >= 11 is 1.67. The summed E-state index contributed by atoms with van der Waals surface area (Å²) < 4.78 is 0. The Morgan fingerprint density at radius 3 is 3.20 bits per heavy atom. The zero-order chi connectivity index (χ0) is 10.7. The van der Waals surface area contributed by atoms with Crippen molar-refractivity contribution < 1.29 is 5.11 Å². The smallest absolute Gasteiger partial charge is 0.119 e. The quantitative estimate of drug-likeness (QED) is 0.825. The molecule has 0 radical (unpaired) electrons. The van der Waals surface area contributed by atoms with Gasteiger partial charge in [0.15, 0.2) is 0 Å². The van der Waals surface area contributed by atoms with E-state index in [4.69, 9.17) is 5.11 Å². The van der Waals surface area contributed by atoms with Gasteiger partial charge in [-0.1, -0.05) is 6.92 Å². The van der Waals surface area contributed by atoms with Gasteiger partial charge in [0.2, 0.25) is 0 Å². The summed E-state index contributed by atoms with van der Waals surface area (Å²) in [6, 6.07) is 0.478. The van der Waals surface area contributed by atoms with Crippen molar-refractivity contribution in [1.82, 2.24) is 10.3 Å². The van der Waals surface area contributed by atoms with Gasteiger partial charge in [-0.25, -0.2) is 4.98 Å². The molecule has 0 saturated heterocycles. The zero-order valence-corrected chi connectivity index (χ0v) is 9.94. The highest BCUT2D eigenvalue weighted by molar-refractivity contribution is 7.11. The molecule has 0 saturated carbocycles. The van der Waals surface area contributed by atoms with E-state index in [-0.39, 0.29) is 6.61 Å². The summed E-state index contributed by atoms with van der Waals surface area (Å²) in [5, 5.41) is 13.5. The fourth-order valence-electron chi connectivity index (χ4n) is 2.05. The summed E-state index contributed by atoms with van der Waals surface area (Å²) in [5.74, 6) is 0. The lowest BCUT2D eigenvalue weighted by atomic mass is 9.98. The van der Waals surface area contributed by atoms with E-state index in [1.807, 2.05) is 0 Å². The molecule has 2 N–H and O–H groups in total. The molecule has 4 heteroatoms. The first-order valence-electron chi connectivity index (χ1n) is 5.68. The minimum Gasteiger partial charge on any atom is -0.389 e. The molecule has 2 rings (SSSR count). The number of aryl methyl sites for hydroxylation is 1. The first-order chi connectivity index (χ1) is 7.35. The van der Waals surface area contributed by atoms with Crippen molar-refractivity contribution in [3.63, 3.8) is 0 Å². The first kappa shape index (κ1) is 11.0. The maximum absolute atomic E-state index is 9.08. The number of rotatable bonds is 4. The Balaban J connectivity index is 2.14. The van der Waals surface area contributed by atoms with Gasteiger partial charge < -0.3 is 10.4 Å². The number of nitrogens with zero attached hydrogens (tertiary/aromatic N) is 1. The van der Waals surface area contributed by atoms with Crippen molar-refractivity contribution in [1.29, 1.82) is 0 Å². The van der Waals surface area contributed by atoms with Gasteiger partial charge in [0.25, 0.3) is 0 Å². The number of fused-ring (bicyclic) bond motifs is 1. The van der Waals surface area contributed by atoms with Crippen LogP contribution in [-0.4, -0.2) is 16.6 Å². The van der Waals surface area contributed by atoms with Crippen molar-refractivity contribution in [3.05, 3.63) is 15.6 Å². The maximum Gasteiger partial charge on any atom is 0.119 e. The number of hydrogen-bond acceptors (Lipinski definition) is 4. The molecule has 0 fully saturated rings. The molecule has 3 nitrogen and oxygen atoms in total. The molecule has 1 aliphatic rings. The van der Waals surface area contributed by atoms with Gasteiger partial charge in [-0.3, -0.25) is 0 Å². The van der Waals surface area contributed by atoms with E-state index >= 15 is 0 Å². The summed E-state index contributed by atoms with van der Waals surface area (Å²) in [6.07, 6.45) is 4.66. The Labute approximate surface area is 94.5 Å². The molecule has 1 aromatic rings. The molecule has 1 aliphatic carbocycles. The van der Waals surface area contributed by atoms with Crippen LogP contribution < -0.4 is 5.32 Å². The van der Waals surface area contributed by atoms with Crippen LogP contribution in [0.5, 0.6) is 0 Å². The SMILES string of the molecule is CCCNC1CCCc2nc(CO)sc21. The van der Waals surface area contributed by atoms with Gasteiger partial charge >= 0.3 is 0 Å². The number of aromatic nitrogens is 1. The molecular formula is C11H18N2OS. The molecule has 1 unspecified atom stereocenters. The van der Waals surface area contributed by atoms with Crippen molar-refractivity contribution >= 4 is 11.3 Å². The van der Waals surface area contributed by atoms with Crippen LogP contribution in [0.3, 0.4) is 0 Å². The number of thiazole rings is 1. The van der Waals surface area contributed by atoms with E-state index < -0.39 is 0 Å². The molecule has 1 aromatic heterocycles. The van der Waals surface area contributed by atoms with Gasteiger partial charge in [-0.2, -0.15) is 0 Å². The summed E-state index contributed by atoms with van der Waals surface area (Å²) in [5.41, 5.74) is 1.21. The Kier molecular flexibility index (Phi) is 3.72. The third-order valence-corrected chi connectivity index (χ3v) is 3.97. The lowest BCUT2D eigenvalue weighted by molar-refractivity contribution is 0.281. The fourth-order valence-corrected chi connectivity index (χ4v) is 3.13. The van der Waals surface area contributed by atoms with E-state index in [0.29, 0.717) is 6.04 Å². The Bertz CT molecular complexity index is 324. The lowest BCUT2D eigenvalue weighted by Gasteiger charge is -2.22. The first-order valence-corrected chi connectivity index (χ1v) is 6.49. The highest BCUT2D eigenvalue weighted by atomic mass is 32.1. The normalized spacial score (nSPS) is 20.3. The van der Waals surface area contributed by atoms with Crippen LogP contribution in [0.15, 0.2) is 0 Å². The van der Waals surface area contributed by atoms with Gasteiger partial charge in [0.1, 0.15) is 5.01 Å². The second-order valence-corrected chi connectivity index (χ2v) is 5.09. The van der Waals surface area contributed by atoms with Gasteiger partial charge in [-0.05, 0) is 32.2 Å². The molecule has 0 spiro atoms. The van der Waals surface area contributed by atoms with E-state index in [9.17, 15) is 0 Å². The molecule has 0 bridgehead atoms. The largest absolute Gasteiger partial charge is 0.389 e. The second kappa shape index (κ2) is 5.05. The van der Waals surface area contributed by atoms with Crippen LogP contribution in [-0.2, 0) is 13.0 Å². The number of nitrogens with one attached hydrogen (secondary N) is 1. The highest BCUT2D eigenvalue weighted by Gasteiger charge is 2.23. The second-order valence-electron chi connectivity index (χ2n) is 3.98. The van der Waals surface area contributed by atoms with E-state index in [1.54, 1.807) is 11.3 Å². The van der Waals surface area contributed by atoms with Crippen LogP contribution >= 0.6 is 11.3 Å². The van der Waals surface area contributed by atoms with Crippen LogP contribution in [0.1, 0.15) is 47.8 Å². The van der Waals surface area contributed by atoms with Crippen molar-refractivity contribution in [3.8, 4) is 0 Å². The third kappa shape index (κ3) is 2.38. The molecule has 0 aromatic carbocycles. The fraction of sp³-hybridized carbons (Fsp3) is 0.727. The van der Waals surface area contributed by atoms with Crippen molar-refractivity contribution in [2.45, 2.75) is 45.3 Å². The number of hydrogen-bond donors (Lipinski definition) is 2. The maximum atomic E-state index is 9.08. The third-order valence-electron chi connectivity index (χ3n) is 2.77. The van der Waals surface area contributed by atoms with Gasteiger partial charge in [0.05, 0.1) is 12.3 Å². The molecule has 1 atom stereocenters. The molecule has 0 amide bonds. The summed E-state index contributed by atoms with van der Waals surface area (Å²) in [7, 11) is 0. The van der Waals surface area contributed by atoms with Gasteiger partial charge in [-0.15, -0.1) is 11.3 Å². The Morgan fingerprint density at radius 1 is 1.60 bits per heavy atom. The molecular weight excluding hydrogens is 208 g/mol. The minimum absolute atomic E-state index is 0.0815. The standard InChI is InChI=1S/C11H18N2OS/c1-2-6-12-8-4-3-5-9-11(8)15-10(7-14)13-9/h8,12,14H,2-7H2,1H3. The average Bonchev–Trinajstić information content (AvgIpc) is 2.69. The van der Waals surface area contributed by atoms with Crippen LogP contribution in [0, 0.1) is 0 Å². The summed E-state index contributed by atoms with van der Waals surface area (Å²) in [6.45, 7) is 3.33. The van der Waals surface area contributed by atoms with Crippen molar-refractivity contribution in [2.24, 2.45) is 0 Å².